The van der Waals surface area contributed by atoms with Crippen LogP contribution in [-0.2, 0) is 14.8 Å². The Kier molecular flexibility index (Phi) is 4.84. The molecule has 0 radical (unpaired) electrons. The second-order valence-corrected chi connectivity index (χ2v) is 8.16. The number of hydrogen-bond acceptors (Lipinski definition) is 9. The molecule has 1 unspecified atom stereocenters. The molecule has 0 amide bonds. The van der Waals surface area contributed by atoms with Crippen LogP contribution in [0.3, 0.4) is 0 Å². The van der Waals surface area contributed by atoms with Crippen molar-refractivity contribution in [3.8, 4) is 0 Å². The number of aromatic nitrogens is 3. The largest absolute Gasteiger partial charge is 0.440 e. The first-order valence-corrected chi connectivity index (χ1v) is 10.4. The average Bonchev–Trinajstić information content (AvgIpc) is 3.15. The molecular weight excluding hydrogens is 368 g/mol. The average molecular weight is 388 g/mol. The third-order valence-electron chi connectivity index (χ3n) is 4.81. The van der Waals surface area contributed by atoms with Crippen LogP contribution in [0.1, 0.15) is 18.5 Å². The summed E-state index contributed by atoms with van der Waals surface area (Å²) in [7, 11) is -1.79. The molecule has 1 aliphatic rings. The van der Waals surface area contributed by atoms with E-state index >= 15 is 0 Å². The van der Waals surface area contributed by atoms with E-state index in [1.165, 1.54) is 22.7 Å². The van der Waals surface area contributed by atoms with Crippen molar-refractivity contribution in [1.82, 2.24) is 19.9 Å². The maximum absolute atomic E-state index is 11.1. The van der Waals surface area contributed by atoms with Crippen LogP contribution in [0.25, 0.3) is 10.2 Å². The highest BCUT2D eigenvalue weighted by molar-refractivity contribution is 7.73. The quantitative estimate of drug-likeness (QED) is 0.693. The van der Waals surface area contributed by atoms with Gasteiger partial charge < -0.3 is 13.9 Å². The number of benzene rings is 1. The predicted molar refractivity (Wildman–Crippen MR) is 103 cm³/mol. The standard InChI is InChI=1S/C17H19N6OS2/c1-12(13-2-3-16-15(8-13)21-11-25-16)22-4-6-23(7-5-22)17-19-9-14(10-20-17)26(18)24/h2-3,8-12,18H,4-7H2,1H3/q-1. The van der Waals surface area contributed by atoms with Gasteiger partial charge in [-0.3, -0.25) is 4.90 Å². The number of piperazine rings is 1. The molecule has 26 heavy (non-hydrogen) atoms. The van der Waals surface area contributed by atoms with Crippen LogP contribution in [-0.4, -0.2) is 46.0 Å². The lowest BCUT2D eigenvalue weighted by atomic mass is 10.1. The molecule has 7 nitrogen and oxygen atoms in total. The number of nitrogens with one attached hydrogen (secondary N) is 1. The highest BCUT2D eigenvalue weighted by Crippen LogP contribution is 2.27. The van der Waals surface area contributed by atoms with E-state index in [1.54, 1.807) is 11.3 Å². The van der Waals surface area contributed by atoms with Crippen LogP contribution in [0.15, 0.2) is 41.0 Å². The van der Waals surface area contributed by atoms with Gasteiger partial charge in [0, 0.05) is 44.6 Å². The van der Waals surface area contributed by atoms with Gasteiger partial charge in [0.15, 0.2) is 0 Å². The maximum atomic E-state index is 11.1. The Morgan fingerprint density at radius 3 is 2.58 bits per heavy atom. The SMILES string of the molecule is CC(c1ccc2scnc2c1)N1CCN(c2ncc([S-](=N)=O)cn2)CC1. The minimum absolute atomic E-state index is 0.331. The third-order valence-corrected chi connectivity index (χ3v) is 6.26. The van der Waals surface area contributed by atoms with Crippen molar-refractivity contribution in [3.63, 3.8) is 0 Å². The van der Waals surface area contributed by atoms with Gasteiger partial charge in [0.25, 0.3) is 0 Å². The highest BCUT2D eigenvalue weighted by Gasteiger charge is 2.23. The normalized spacial score (nSPS) is 17.1. The fourth-order valence-corrected chi connectivity index (χ4v) is 4.18. The highest BCUT2D eigenvalue weighted by atomic mass is 32.2. The van der Waals surface area contributed by atoms with Crippen molar-refractivity contribution in [2.24, 2.45) is 0 Å². The minimum atomic E-state index is -1.79. The lowest BCUT2D eigenvalue weighted by molar-refractivity contribution is 0.198. The number of thiazole rings is 1. The number of hydrogen-bond donors (Lipinski definition) is 1. The van der Waals surface area contributed by atoms with E-state index < -0.39 is 10.6 Å². The maximum Gasteiger partial charge on any atom is 0.225 e. The van der Waals surface area contributed by atoms with Gasteiger partial charge in [-0.15, -0.1) is 11.3 Å². The summed E-state index contributed by atoms with van der Waals surface area (Å²) in [5.41, 5.74) is 4.24. The smallest absolute Gasteiger partial charge is 0.225 e. The monoisotopic (exact) mass is 387 g/mol. The molecule has 1 aliphatic heterocycles. The van der Waals surface area contributed by atoms with Crippen LogP contribution in [0.4, 0.5) is 5.95 Å². The summed E-state index contributed by atoms with van der Waals surface area (Å²) >= 11 is 1.67. The van der Waals surface area contributed by atoms with Crippen LogP contribution >= 0.6 is 11.3 Å². The van der Waals surface area contributed by atoms with Crippen molar-refractivity contribution in [3.05, 3.63) is 41.7 Å². The predicted octanol–water partition coefficient (Wildman–Crippen LogP) is 3.05. The molecule has 1 N–H and O–H groups in total. The van der Waals surface area contributed by atoms with E-state index in [2.05, 4.69) is 49.9 Å². The van der Waals surface area contributed by atoms with Gasteiger partial charge in [-0.2, -0.15) is 10.6 Å². The zero-order valence-corrected chi connectivity index (χ0v) is 16.0. The molecule has 9 heteroatoms. The first-order chi connectivity index (χ1) is 12.6. The number of anilines is 1. The van der Waals surface area contributed by atoms with E-state index in [9.17, 15) is 4.21 Å². The summed E-state index contributed by atoms with van der Waals surface area (Å²) in [4.78, 5) is 17.8. The molecule has 1 atom stereocenters. The summed E-state index contributed by atoms with van der Waals surface area (Å²) in [6.07, 6.45) is 2.95. The Labute approximate surface area is 157 Å². The third kappa shape index (κ3) is 3.42. The van der Waals surface area contributed by atoms with Crippen LogP contribution in [0.2, 0.25) is 0 Å². The van der Waals surface area contributed by atoms with E-state index in [1.807, 2.05) is 5.51 Å². The molecule has 0 bridgehead atoms. The Morgan fingerprint density at radius 2 is 1.88 bits per heavy atom. The van der Waals surface area contributed by atoms with E-state index in [0.29, 0.717) is 16.9 Å². The zero-order chi connectivity index (χ0) is 18.1. The summed E-state index contributed by atoms with van der Waals surface area (Å²) in [5.74, 6) is 0.635. The van der Waals surface area contributed by atoms with Gasteiger partial charge in [0.05, 0.1) is 15.7 Å². The van der Waals surface area contributed by atoms with E-state index in [-0.39, 0.29) is 0 Å². The molecule has 1 aromatic carbocycles. The second-order valence-electron chi connectivity index (χ2n) is 6.27. The molecule has 1 saturated heterocycles. The Balaban J connectivity index is 1.42. The van der Waals surface area contributed by atoms with Crippen LogP contribution in [0, 0.1) is 4.78 Å². The molecule has 136 valence electrons. The van der Waals surface area contributed by atoms with Crippen LogP contribution < -0.4 is 4.90 Å². The molecule has 3 aromatic rings. The molecule has 0 aliphatic carbocycles. The first kappa shape index (κ1) is 17.3. The molecule has 4 rings (SSSR count). The number of rotatable bonds is 4. The van der Waals surface area contributed by atoms with Gasteiger partial charge in [-0.1, -0.05) is 11.0 Å². The van der Waals surface area contributed by atoms with Gasteiger partial charge in [-0.25, -0.2) is 15.0 Å². The molecule has 0 saturated carbocycles. The number of nitrogens with zero attached hydrogens (tertiary/aromatic N) is 5. The van der Waals surface area contributed by atoms with Crippen molar-refractivity contribution < 1.29 is 4.21 Å². The summed E-state index contributed by atoms with van der Waals surface area (Å²) in [6, 6.07) is 6.87. The fraction of sp³-hybridized carbons (Fsp3) is 0.353. The lowest BCUT2D eigenvalue weighted by Gasteiger charge is -2.38. The summed E-state index contributed by atoms with van der Waals surface area (Å²) in [6.45, 7) is 5.76. The van der Waals surface area contributed by atoms with Crippen molar-refractivity contribution in [2.45, 2.75) is 17.9 Å². The van der Waals surface area contributed by atoms with Gasteiger partial charge in [-0.05, 0) is 24.6 Å². The van der Waals surface area contributed by atoms with E-state index in [0.717, 1.165) is 31.7 Å². The molecule has 1 fully saturated rings. The number of fused-ring (bicyclic) bond motifs is 1. The Hall–Kier alpha value is -2.10. The molecule has 0 spiro atoms. The van der Waals surface area contributed by atoms with Gasteiger partial charge in [0.2, 0.25) is 5.95 Å². The minimum Gasteiger partial charge on any atom is -0.440 e. The van der Waals surface area contributed by atoms with Crippen molar-refractivity contribution in [1.29, 1.82) is 4.78 Å². The molecular formula is C17H19N6OS2-. The Bertz CT molecular complexity index is 968. The molecule has 3 heterocycles. The van der Waals surface area contributed by atoms with Gasteiger partial charge >= 0.3 is 0 Å². The lowest BCUT2D eigenvalue weighted by Crippen LogP contribution is -2.47. The summed E-state index contributed by atoms with van der Waals surface area (Å²) in [5, 5.41) is 0. The fourth-order valence-electron chi connectivity index (χ4n) is 3.22. The van der Waals surface area contributed by atoms with Gasteiger partial charge in [0.1, 0.15) is 0 Å². The van der Waals surface area contributed by atoms with Crippen LogP contribution in [0.5, 0.6) is 0 Å². The Morgan fingerprint density at radius 1 is 1.15 bits per heavy atom. The molecule has 2 aromatic heterocycles. The van der Waals surface area contributed by atoms with Crippen molar-refractivity contribution in [2.75, 3.05) is 31.1 Å². The summed E-state index contributed by atoms with van der Waals surface area (Å²) < 4.78 is 19.5. The second kappa shape index (κ2) is 7.26. The first-order valence-electron chi connectivity index (χ1n) is 8.39. The van der Waals surface area contributed by atoms with Crippen molar-refractivity contribution >= 4 is 38.1 Å². The van der Waals surface area contributed by atoms with E-state index in [4.69, 9.17) is 4.78 Å². The topological polar surface area (TPSA) is 86.1 Å². The zero-order valence-electron chi connectivity index (χ0n) is 14.3.